The second-order valence-electron chi connectivity index (χ2n) is 6.49. The predicted molar refractivity (Wildman–Crippen MR) is 91.1 cm³/mol. The Balaban J connectivity index is 2.02. The van der Waals surface area contributed by atoms with Crippen molar-refractivity contribution in [3.8, 4) is 0 Å². The highest BCUT2D eigenvalue weighted by atomic mass is 32.2. The van der Waals surface area contributed by atoms with Gasteiger partial charge in [-0.1, -0.05) is 20.8 Å². The Hall–Kier alpha value is -1.07. The van der Waals surface area contributed by atoms with E-state index in [9.17, 15) is 0 Å². The quantitative estimate of drug-likeness (QED) is 0.858. The average molecular weight is 306 g/mol. The molecule has 0 bridgehead atoms. The number of aryl methyl sites for hydroxylation is 2. The highest BCUT2D eigenvalue weighted by molar-refractivity contribution is 8.00. The van der Waals surface area contributed by atoms with E-state index in [1.807, 2.05) is 35.5 Å². The van der Waals surface area contributed by atoms with E-state index < -0.39 is 0 Å². The summed E-state index contributed by atoms with van der Waals surface area (Å²) in [4.78, 5) is 4.51. The number of fused-ring (bicyclic) bond motifs is 1. The highest BCUT2D eigenvalue weighted by Crippen LogP contribution is 2.23. The van der Waals surface area contributed by atoms with Gasteiger partial charge in [-0.05, 0) is 20.8 Å². The molecule has 1 N–H and O–H groups in total. The van der Waals surface area contributed by atoms with Crippen LogP contribution in [0.1, 0.15) is 50.7 Å². The molecule has 2 heterocycles. The molecule has 0 fully saturated rings. The molecular formula is C16H26N4S. The number of aromatic nitrogens is 3. The van der Waals surface area contributed by atoms with E-state index in [1.165, 1.54) is 5.56 Å². The SMILES string of the molecule is Cc1cc2ncc([C@H](C)NCCSC(C)(C)C)c(C)n2n1. The molecule has 2 rings (SSSR count). The van der Waals surface area contributed by atoms with Crippen LogP contribution in [0.2, 0.25) is 0 Å². The fraction of sp³-hybridized carbons (Fsp3) is 0.625. The van der Waals surface area contributed by atoms with Gasteiger partial charge in [0.05, 0.1) is 5.69 Å². The molecule has 1 atom stereocenters. The molecule has 0 saturated carbocycles. The normalized spacial score (nSPS) is 13.8. The lowest BCUT2D eigenvalue weighted by Gasteiger charge is -2.20. The fourth-order valence-corrected chi connectivity index (χ4v) is 3.18. The van der Waals surface area contributed by atoms with E-state index >= 15 is 0 Å². The van der Waals surface area contributed by atoms with Crippen LogP contribution >= 0.6 is 11.8 Å². The van der Waals surface area contributed by atoms with Crippen molar-refractivity contribution in [2.75, 3.05) is 12.3 Å². The first kappa shape index (κ1) is 16.3. The Morgan fingerprint density at radius 3 is 2.71 bits per heavy atom. The van der Waals surface area contributed by atoms with Crippen molar-refractivity contribution < 1.29 is 0 Å². The standard InChI is InChI=1S/C16H26N4S/c1-11-9-15-18-10-14(13(3)20(15)19-11)12(2)17-7-8-21-16(4,5)6/h9-10,12,17H,7-8H2,1-6H3/t12-/m0/s1. The molecule has 0 aromatic carbocycles. The van der Waals surface area contributed by atoms with Crippen LogP contribution in [0.3, 0.4) is 0 Å². The van der Waals surface area contributed by atoms with Crippen LogP contribution < -0.4 is 5.32 Å². The summed E-state index contributed by atoms with van der Waals surface area (Å²) in [6.45, 7) is 14.1. The van der Waals surface area contributed by atoms with Crippen LogP contribution in [-0.4, -0.2) is 31.6 Å². The first-order valence-corrected chi connectivity index (χ1v) is 8.46. The molecule has 0 spiro atoms. The van der Waals surface area contributed by atoms with Crippen LogP contribution in [0.25, 0.3) is 5.65 Å². The Labute approximate surface area is 131 Å². The predicted octanol–water partition coefficient (Wildman–Crippen LogP) is 3.53. The van der Waals surface area contributed by atoms with Crippen LogP contribution in [0.15, 0.2) is 12.3 Å². The molecular weight excluding hydrogens is 280 g/mol. The zero-order valence-corrected chi connectivity index (χ0v) is 14.7. The molecule has 2 aromatic rings. The highest BCUT2D eigenvalue weighted by Gasteiger charge is 2.14. The van der Waals surface area contributed by atoms with Crippen molar-refractivity contribution in [2.45, 2.75) is 52.3 Å². The molecule has 116 valence electrons. The van der Waals surface area contributed by atoms with Gasteiger partial charge in [0.1, 0.15) is 0 Å². The third kappa shape index (κ3) is 4.20. The molecule has 0 aliphatic heterocycles. The number of hydrogen-bond donors (Lipinski definition) is 1. The van der Waals surface area contributed by atoms with Gasteiger partial charge in [0.25, 0.3) is 0 Å². The van der Waals surface area contributed by atoms with Gasteiger partial charge in [-0.15, -0.1) is 0 Å². The minimum atomic E-state index is 0.284. The van der Waals surface area contributed by atoms with Crippen molar-refractivity contribution in [3.05, 3.63) is 29.2 Å². The Bertz CT molecular complexity index is 612. The molecule has 0 unspecified atom stereocenters. The van der Waals surface area contributed by atoms with E-state index in [0.29, 0.717) is 4.75 Å². The van der Waals surface area contributed by atoms with Crippen LogP contribution in [0.4, 0.5) is 0 Å². The van der Waals surface area contributed by atoms with E-state index in [2.05, 4.69) is 50.0 Å². The maximum atomic E-state index is 4.51. The van der Waals surface area contributed by atoms with Gasteiger partial charge in [0.2, 0.25) is 0 Å². The third-order valence-corrected chi connectivity index (χ3v) is 4.71. The summed E-state index contributed by atoms with van der Waals surface area (Å²) in [5, 5.41) is 8.09. The van der Waals surface area contributed by atoms with Crippen LogP contribution in [-0.2, 0) is 0 Å². The number of nitrogens with zero attached hydrogens (tertiary/aromatic N) is 3. The summed E-state index contributed by atoms with van der Waals surface area (Å²) in [7, 11) is 0. The van der Waals surface area contributed by atoms with Crippen molar-refractivity contribution in [2.24, 2.45) is 0 Å². The van der Waals surface area contributed by atoms with E-state index in [4.69, 9.17) is 0 Å². The van der Waals surface area contributed by atoms with Crippen molar-refractivity contribution in [3.63, 3.8) is 0 Å². The summed E-state index contributed by atoms with van der Waals surface area (Å²) in [5.41, 5.74) is 4.30. The van der Waals surface area contributed by atoms with Crippen LogP contribution in [0.5, 0.6) is 0 Å². The average Bonchev–Trinajstić information content (AvgIpc) is 2.75. The summed E-state index contributed by atoms with van der Waals surface area (Å²) in [6.07, 6.45) is 1.97. The Kier molecular flexibility index (Phi) is 4.94. The second kappa shape index (κ2) is 6.36. The molecule has 0 aliphatic carbocycles. The maximum Gasteiger partial charge on any atom is 0.155 e. The first-order valence-electron chi connectivity index (χ1n) is 7.47. The monoisotopic (exact) mass is 306 g/mol. The third-order valence-electron chi connectivity index (χ3n) is 3.44. The number of nitrogens with one attached hydrogen (secondary N) is 1. The largest absolute Gasteiger partial charge is 0.309 e. The van der Waals surface area contributed by atoms with E-state index in [1.54, 1.807) is 0 Å². The van der Waals surface area contributed by atoms with Crippen molar-refractivity contribution in [1.29, 1.82) is 0 Å². The summed E-state index contributed by atoms with van der Waals surface area (Å²) in [6, 6.07) is 2.29. The fourth-order valence-electron chi connectivity index (χ4n) is 2.34. The van der Waals surface area contributed by atoms with E-state index in [-0.39, 0.29) is 6.04 Å². The van der Waals surface area contributed by atoms with Gasteiger partial charge in [0.15, 0.2) is 5.65 Å². The molecule has 0 radical (unpaired) electrons. The van der Waals surface area contributed by atoms with E-state index in [0.717, 1.165) is 29.3 Å². The van der Waals surface area contributed by atoms with Gasteiger partial charge in [0, 0.05) is 46.6 Å². The molecule has 4 nitrogen and oxygen atoms in total. The lowest BCUT2D eigenvalue weighted by Crippen LogP contribution is -2.24. The summed E-state index contributed by atoms with van der Waals surface area (Å²) in [5.74, 6) is 1.11. The minimum Gasteiger partial charge on any atom is -0.309 e. The zero-order chi connectivity index (χ0) is 15.6. The minimum absolute atomic E-state index is 0.284. The molecule has 0 aliphatic rings. The van der Waals surface area contributed by atoms with Crippen molar-refractivity contribution >= 4 is 17.4 Å². The molecule has 5 heteroatoms. The topological polar surface area (TPSA) is 42.2 Å². The lowest BCUT2D eigenvalue weighted by molar-refractivity contribution is 0.588. The first-order chi connectivity index (χ1) is 9.78. The lowest BCUT2D eigenvalue weighted by atomic mass is 10.1. The van der Waals surface area contributed by atoms with Crippen LogP contribution in [0, 0.1) is 13.8 Å². The van der Waals surface area contributed by atoms with Crippen molar-refractivity contribution in [1.82, 2.24) is 19.9 Å². The van der Waals surface area contributed by atoms with Gasteiger partial charge in [-0.3, -0.25) is 0 Å². The number of rotatable bonds is 5. The molecule has 0 amide bonds. The van der Waals surface area contributed by atoms with Gasteiger partial charge < -0.3 is 5.32 Å². The van der Waals surface area contributed by atoms with Gasteiger partial charge >= 0.3 is 0 Å². The Morgan fingerprint density at radius 2 is 2.05 bits per heavy atom. The van der Waals surface area contributed by atoms with Gasteiger partial charge in [-0.2, -0.15) is 16.9 Å². The molecule has 2 aromatic heterocycles. The number of hydrogen-bond acceptors (Lipinski definition) is 4. The molecule has 21 heavy (non-hydrogen) atoms. The summed E-state index contributed by atoms with van der Waals surface area (Å²) >= 11 is 1.99. The zero-order valence-electron chi connectivity index (χ0n) is 13.9. The Morgan fingerprint density at radius 1 is 1.33 bits per heavy atom. The maximum absolute atomic E-state index is 4.51. The smallest absolute Gasteiger partial charge is 0.155 e. The number of thioether (sulfide) groups is 1. The summed E-state index contributed by atoms with van der Waals surface area (Å²) < 4.78 is 2.26. The second-order valence-corrected chi connectivity index (χ2v) is 8.41. The van der Waals surface area contributed by atoms with Gasteiger partial charge in [-0.25, -0.2) is 9.50 Å². The molecule has 0 saturated heterocycles.